The van der Waals surface area contributed by atoms with Crippen LogP contribution in [0.15, 0.2) is 53.7 Å². The van der Waals surface area contributed by atoms with Crippen LogP contribution in [-0.2, 0) is 11.8 Å². The van der Waals surface area contributed by atoms with Crippen LogP contribution in [0.25, 0.3) is 11.4 Å². The van der Waals surface area contributed by atoms with Gasteiger partial charge >= 0.3 is 0 Å². The van der Waals surface area contributed by atoms with Crippen molar-refractivity contribution in [1.29, 1.82) is 0 Å². The lowest BCUT2D eigenvalue weighted by molar-refractivity contribution is -0.113. The minimum atomic E-state index is -0.296. The minimum absolute atomic E-state index is 0.102. The van der Waals surface area contributed by atoms with Crippen LogP contribution < -0.4 is 10.2 Å². The third kappa shape index (κ3) is 4.59. The van der Waals surface area contributed by atoms with Crippen LogP contribution in [0.1, 0.15) is 12.8 Å². The number of nitrogens with one attached hydrogen (secondary N) is 1. The number of halogens is 1. The molecule has 4 rings (SSSR count). The molecule has 0 aliphatic carbocycles. The van der Waals surface area contributed by atoms with Crippen LogP contribution in [0.2, 0.25) is 0 Å². The topological polar surface area (TPSA) is 63.1 Å². The molecule has 1 amide bonds. The molecule has 6 nitrogen and oxygen atoms in total. The summed E-state index contributed by atoms with van der Waals surface area (Å²) in [6.07, 6.45) is 2.47. The molecule has 0 spiro atoms. The van der Waals surface area contributed by atoms with E-state index in [2.05, 4.69) is 20.4 Å². The van der Waals surface area contributed by atoms with Gasteiger partial charge in [0.25, 0.3) is 0 Å². The minimum Gasteiger partial charge on any atom is -0.372 e. The fourth-order valence-electron chi connectivity index (χ4n) is 3.35. The molecular weight excluding hydrogens is 389 g/mol. The number of hydrogen-bond acceptors (Lipinski definition) is 5. The number of hydrogen-bond donors (Lipinski definition) is 1. The van der Waals surface area contributed by atoms with Crippen LogP contribution in [0, 0.1) is 5.82 Å². The molecule has 1 aromatic heterocycles. The average molecular weight is 412 g/mol. The molecule has 0 unspecified atom stereocenters. The number of amides is 1. The molecule has 1 aliphatic heterocycles. The summed E-state index contributed by atoms with van der Waals surface area (Å²) in [4.78, 5) is 14.7. The first-order valence-corrected chi connectivity index (χ1v) is 10.5. The highest BCUT2D eigenvalue weighted by molar-refractivity contribution is 7.99. The Morgan fingerprint density at radius 3 is 2.45 bits per heavy atom. The summed E-state index contributed by atoms with van der Waals surface area (Å²) < 4.78 is 14.9. The van der Waals surface area contributed by atoms with Crippen molar-refractivity contribution in [2.24, 2.45) is 7.05 Å². The Morgan fingerprint density at radius 2 is 1.76 bits per heavy atom. The molecule has 0 atom stereocenters. The number of carbonyl (C=O) groups is 1. The quantitative estimate of drug-likeness (QED) is 0.622. The molecule has 0 saturated carbocycles. The molecule has 150 valence electrons. The van der Waals surface area contributed by atoms with E-state index in [-0.39, 0.29) is 17.5 Å². The molecule has 8 heteroatoms. The van der Waals surface area contributed by atoms with Gasteiger partial charge in [-0.2, -0.15) is 0 Å². The van der Waals surface area contributed by atoms with Gasteiger partial charge in [0.05, 0.1) is 5.75 Å². The summed E-state index contributed by atoms with van der Waals surface area (Å²) in [5.41, 5.74) is 2.75. The van der Waals surface area contributed by atoms with Gasteiger partial charge in [-0.05, 0) is 61.4 Å². The van der Waals surface area contributed by atoms with Crippen molar-refractivity contribution < 1.29 is 9.18 Å². The van der Waals surface area contributed by atoms with Gasteiger partial charge in [0.15, 0.2) is 11.0 Å². The Bertz CT molecular complexity index is 981. The molecule has 0 radical (unpaired) electrons. The molecular formula is C21H22FN5OS. The van der Waals surface area contributed by atoms with Crippen molar-refractivity contribution in [3.63, 3.8) is 0 Å². The summed E-state index contributed by atoms with van der Waals surface area (Å²) in [5, 5.41) is 11.8. The SMILES string of the molecule is Cn1c(SCC(=O)Nc2ccc(N3CCCC3)cc2)nnc1-c1ccc(F)cc1. The maximum absolute atomic E-state index is 13.1. The average Bonchev–Trinajstić information content (AvgIpc) is 3.38. The Morgan fingerprint density at radius 1 is 1.07 bits per heavy atom. The lowest BCUT2D eigenvalue weighted by atomic mass is 10.2. The molecule has 29 heavy (non-hydrogen) atoms. The predicted molar refractivity (Wildman–Crippen MR) is 114 cm³/mol. The zero-order valence-corrected chi connectivity index (χ0v) is 17.0. The maximum Gasteiger partial charge on any atom is 0.234 e. The second-order valence-electron chi connectivity index (χ2n) is 6.95. The van der Waals surface area contributed by atoms with E-state index < -0.39 is 0 Å². The fourth-order valence-corrected chi connectivity index (χ4v) is 4.06. The van der Waals surface area contributed by atoms with Crippen molar-refractivity contribution in [2.75, 3.05) is 29.1 Å². The molecule has 1 saturated heterocycles. The Labute approximate surface area is 173 Å². The number of thioether (sulfide) groups is 1. The third-order valence-electron chi connectivity index (χ3n) is 4.89. The second-order valence-corrected chi connectivity index (χ2v) is 7.89. The van der Waals surface area contributed by atoms with E-state index in [4.69, 9.17) is 0 Å². The Hall–Kier alpha value is -2.87. The number of carbonyl (C=O) groups excluding carboxylic acids is 1. The summed E-state index contributed by atoms with van der Waals surface area (Å²) in [5.74, 6) is 0.458. The highest BCUT2D eigenvalue weighted by Gasteiger charge is 2.14. The van der Waals surface area contributed by atoms with Crippen molar-refractivity contribution in [3.8, 4) is 11.4 Å². The van der Waals surface area contributed by atoms with E-state index in [1.807, 2.05) is 31.3 Å². The van der Waals surface area contributed by atoms with Crippen LogP contribution in [-0.4, -0.2) is 39.5 Å². The number of aromatic nitrogens is 3. The largest absolute Gasteiger partial charge is 0.372 e. The van der Waals surface area contributed by atoms with E-state index in [0.29, 0.717) is 11.0 Å². The Kier molecular flexibility index (Phi) is 5.80. The number of benzene rings is 2. The highest BCUT2D eigenvalue weighted by Crippen LogP contribution is 2.24. The summed E-state index contributed by atoms with van der Waals surface area (Å²) >= 11 is 1.31. The molecule has 1 fully saturated rings. The standard InChI is InChI=1S/C21H22FN5OS/c1-26-20(15-4-6-16(22)7-5-15)24-25-21(26)29-14-19(28)23-17-8-10-18(11-9-17)27-12-2-3-13-27/h4-11H,2-3,12-14H2,1H3,(H,23,28). The highest BCUT2D eigenvalue weighted by atomic mass is 32.2. The van der Waals surface area contributed by atoms with Gasteiger partial charge in [0.2, 0.25) is 5.91 Å². The lowest BCUT2D eigenvalue weighted by Gasteiger charge is -2.17. The molecule has 3 aromatic rings. The van der Waals surface area contributed by atoms with E-state index in [9.17, 15) is 9.18 Å². The number of nitrogens with zero attached hydrogens (tertiary/aromatic N) is 4. The summed E-state index contributed by atoms with van der Waals surface area (Å²) in [6.45, 7) is 2.19. The smallest absolute Gasteiger partial charge is 0.234 e. The first kappa shape index (κ1) is 19.4. The maximum atomic E-state index is 13.1. The van der Waals surface area contributed by atoms with E-state index in [1.54, 1.807) is 16.7 Å². The monoisotopic (exact) mass is 411 g/mol. The fraction of sp³-hybridized carbons (Fsp3) is 0.286. The first-order chi connectivity index (χ1) is 14.1. The van der Waals surface area contributed by atoms with Gasteiger partial charge in [-0.3, -0.25) is 4.79 Å². The molecule has 1 N–H and O–H groups in total. The molecule has 1 aliphatic rings. The van der Waals surface area contributed by atoms with E-state index >= 15 is 0 Å². The summed E-state index contributed by atoms with van der Waals surface area (Å²) in [7, 11) is 1.83. The van der Waals surface area contributed by atoms with Crippen molar-refractivity contribution >= 4 is 29.0 Å². The van der Waals surface area contributed by atoms with Gasteiger partial charge in [-0.25, -0.2) is 4.39 Å². The van der Waals surface area contributed by atoms with E-state index in [0.717, 1.165) is 24.3 Å². The zero-order chi connectivity index (χ0) is 20.2. The number of rotatable bonds is 6. The third-order valence-corrected chi connectivity index (χ3v) is 5.91. The van der Waals surface area contributed by atoms with Gasteiger partial charge in [0.1, 0.15) is 5.82 Å². The van der Waals surface area contributed by atoms with Crippen LogP contribution >= 0.6 is 11.8 Å². The number of anilines is 2. The van der Waals surface area contributed by atoms with Crippen LogP contribution in [0.4, 0.5) is 15.8 Å². The lowest BCUT2D eigenvalue weighted by Crippen LogP contribution is -2.18. The van der Waals surface area contributed by atoms with E-state index in [1.165, 1.54) is 42.4 Å². The molecule has 2 heterocycles. The normalized spacial score (nSPS) is 13.7. The van der Waals surface area contributed by atoms with Crippen molar-refractivity contribution in [2.45, 2.75) is 18.0 Å². The first-order valence-electron chi connectivity index (χ1n) is 9.53. The van der Waals surface area contributed by atoms with Gasteiger partial charge in [-0.1, -0.05) is 11.8 Å². The van der Waals surface area contributed by atoms with Crippen molar-refractivity contribution in [3.05, 3.63) is 54.3 Å². The molecule has 2 aromatic carbocycles. The van der Waals surface area contributed by atoms with Gasteiger partial charge in [0, 0.05) is 37.1 Å². The predicted octanol–water partition coefficient (Wildman–Crippen LogP) is 3.95. The molecule has 0 bridgehead atoms. The summed E-state index contributed by atoms with van der Waals surface area (Å²) in [6, 6.07) is 14.1. The Balaban J connectivity index is 1.33. The van der Waals surface area contributed by atoms with Crippen molar-refractivity contribution in [1.82, 2.24) is 14.8 Å². The van der Waals surface area contributed by atoms with Crippen LogP contribution in [0.3, 0.4) is 0 Å². The van der Waals surface area contributed by atoms with Gasteiger partial charge < -0.3 is 14.8 Å². The zero-order valence-electron chi connectivity index (χ0n) is 16.1. The van der Waals surface area contributed by atoms with Gasteiger partial charge in [-0.15, -0.1) is 10.2 Å². The second kappa shape index (κ2) is 8.65. The van der Waals surface area contributed by atoms with Crippen LogP contribution in [0.5, 0.6) is 0 Å².